The Balaban J connectivity index is 2.11. The van der Waals surface area contributed by atoms with Crippen molar-refractivity contribution >= 4 is 29.4 Å². The van der Waals surface area contributed by atoms with Crippen molar-refractivity contribution in [2.45, 2.75) is 24.2 Å². The van der Waals surface area contributed by atoms with E-state index in [0.717, 1.165) is 10.6 Å². The fraction of sp³-hybridized carbons (Fsp3) is 0.353. The van der Waals surface area contributed by atoms with Gasteiger partial charge in [-0.1, -0.05) is 6.92 Å². The van der Waals surface area contributed by atoms with Gasteiger partial charge in [-0.05, 0) is 30.0 Å². The van der Waals surface area contributed by atoms with E-state index in [4.69, 9.17) is 0 Å². The molecule has 0 aliphatic carbocycles. The van der Waals surface area contributed by atoms with Crippen LogP contribution in [0.3, 0.4) is 0 Å². The van der Waals surface area contributed by atoms with E-state index in [-0.39, 0.29) is 0 Å². The third kappa shape index (κ3) is 9.63. The molecular formula is C17H16F6N4O3S. The molecule has 2 N–H and O–H groups in total. The van der Waals surface area contributed by atoms with Crippen LogP contribution in [0.25, 0.3) is 0 Å². The number of nitrogens with zero attached hydrogens (tertiary/aromatic N) is 2. The van der Waals surface area contributed by atoms with E-state index < -0.39 is 49.3 Å². The highest BCUT2D eigenvalue weighted by molar-refractivity contribution is 7.99. The average Bonchev–Trinajstić information content (AvgIpc) is 2.65. The summed E-state index contributed by atoms with van der Waals surface area (Å²) in [6, 6.07) is 6.50. The van der Waals surface area contributed by atoms with Crippen LogP contribution in [-0.4, -0.2) is 47.3 Å². The number of nitrogens with one attached hydrogen (secondary N) is 2. The van der Waals surface area contributed by atoms with Crippen molar-refractivity contribution in [1.29, 1.82) is 0 Å². The number of carbonyl (C=O) groups excluding carboxylic acids is 1. The van der Waals surface area contributed by atoms with Crippen LogP contribution in [0.5, 0.6) is 11.8 Å². The Hall–Kier alpha value is -2.90. The molecule has 0 aliphatic rings. The minimum Gasteiger partial charge on any atom is -0.468 e. The molecule has 1 aromatic carbocycles. The standard InChI is InChI=1S/C17H16F6N4O3S/c1-2-31-11-5-3-10(4-6-11)24-15(28)27-14-25-12(29-8-16(18,19)20)7-13(26-14)30-9-17(21,22)23/h3-7H,2,8-9H2,1H3,(H2,24,25,26,27,28). The van der Waals surface area contributed by atoms with Gasteiger partial charge in [0.25, 0.3) is 0 Å². The Morgan fingerprint density at radius 3 is 1.90 bits per heavy atom. The number of carbonyl (C=O) groups is 1. The Morgan fingerprint density at radius 1 is 0.935 bits per heavy atom. The van der Waals surface area contributed by atoms with Crippen LogP contribution in [-0.2, 0) is 0 Å². The van der Waals surface area contributed by atoms with Crippen LogP contribution in [0.4, 0.5) is 42.8 Å². The van der Waals surface area contributed by atoms with Gasteiger partial charge < -0.3 is 14.8 Å². The molecule has 2 aromatic rings. The number of ether oxygens (including phenoxy) is 2. The zero-order chi connectivity index (χ0) is 23.1. The SMILES string of the molecule is CCSc1ccc(NC(=O)Nc2nc(OCC(F)(F)F)cc(OCC(F)(F)F)n2)cc1. The molecule has 0 atom stereocenters. The summed E-state index contributed by atoms with van der Waals surface area (Å²) >= 11 is 1.58. The molecule has 14 heteroatoms. The summed E-state index contributed by atoms with van der Waals surface area (Å²) in [4.78, 5) is 20.1. The summed E-state index contributed by atoms with van der Waals surface area (Å²) in [7, 11) is 0. The van der Waals surface area contributed by atoms with E-state index >= 15 is 0 Å². The van der Waals surface area contributed by atoms with Gasteiger partial charge >= 0.3 is 18.4 Å². The van der Waals surface area contributed by atoms with E-state index in [1.54, 1.807) is 36.0 Å². The van der Waals surface area contributed by atoms with Crippen molar-refractivity contribution in [2.75, 3.05) is 29.6 Å². The molecule has 170 valence electrons. The van der Waals surface area contributed by atoms with Gasteiger partial charge in [0.15, 0.2) is 13.2 Å². The molecule has 2 rings (SSSR count). The molecule has 0 aliphatic heterocycles. The van der Waals surface area contributed by atoms with Crippen LogP contribution in [0.15, 0.2) is 35.2 Å². The zero-order valence-corrected chi connectivity index (χ0v) is 16.6. The molecule has 0 unspecified atom stereocenters. The number of hydrogen-bond donors (Lipinski definition) is 2. The first-order valence-corrected chi connectivity index (χ1v) is 9.51. The largest absolute Gasteiger partial charge is 0.468 e. The highest BCUT2D eigenvalue weighted by Crippen LogP contribution is 2.24. The van der Waals surface area contributed by atoms with Crippen LogP contribution >= 0.6 is 11.8 Å². The minimum absolute atomic E-state index is 0.385. The summed E-state index contributed by atoms with van der Waals surface area (Å²) in [6.07, 6.45) is -9.43. The van der Waals surface area contributed by atoms with Gasteiger partial charge in [-0.2, -0.15) is 36.3 Å². The van der Waals surface area contributed by atoms with Crippen molar-refractivity contribution < 1.29 is 40.6 Å². The molecule has 0 saturated carbocycles. The number of anilines is 2. The Bertz CT molecular complexity index is 841. The predicted molar refractivity (Wildman–Crippen MR) is 101 cm³/mol. The van der Waals surface area contributed by atoms with Gasteiger partial charge in [-0.3, -0.25) is 5.32 Å². The van der Waals surface area contributed by atoms with Crippen molar-refractivity contribution in [3.8, 4) is 11.8 Å². The van der Waals surface area contributed by atoms with Crippen molar-refractivity contribution in [2.24, 2.45) is 0 Å². The lowest BCUT2D eigenvalue weighted by molar-refractivity contribution is -0.154. The van der Waals surface area contributed by atoms with Gasteiger partial charge in [0.2, 0.25) is 17.7 Å². The van der Waals surface area contributed by atoms with Gasteiger partial charge in [0, 0.05) is 10.6 Å². The smallest absolute Gasteiger partial charge is 0.422 e. The molecule has 0 saturated heterocycles. The Morgan fingerprint density at radius 2 is 1.45 bits per heavy atom. The fourth-order valence-electron chi connectivity index (χ4n) is 1.98. The third-order valence-electron chi connectivity index (χ3n) is 3.10. The number of urea groups is 1. The lowest BCUT2D eigenvalue weighted by Gasteiger charge is -2.13. The maximum Gasteiger partial charge on any atom is 0.422 e. The van der Waals surface area contributed by atoms with Crippen molar-refractivity contribution in [3.05, 3.63) is 30.3 Å². The molecule has 0 bridgehead atoms. The summed E-state index contributed by atoms with van der Waals surface area (Å²) < 4.78 is 82.9. The summed E-state index contributed by atoms with van der Waals surface area (Å²) in [5, 5.41) is 4.54. The number of aromatic nitrogens is 2. The second-order valence-corrected chi connectivity index (χ2v) is 7.05. The number of hydrogen-bond acceptors (Lipinski definition) is 6. The molecule has 0 spiro atoms. The van der Waals surface area contributed by atoms with Crippen LogP contribution < -0.4 is 20.1 Å². The normalized spacial score (nSPS) is 11.7. The average molecular weight is 470 g/mol. The summed E-state index contributed by atoms with van der Waals surface area (Å²) in [5.74, 6) is -1.23. The van der Waals surface area contributed by atoms with E-state index in [1.807, 2.05) is 6.92 Å². The quantitative estimate of drug-likeness (QED) is 0.412. The van der Waals surface area contributed by atoms with Gasteiger partial charge in [-0.25, -0.2) is 4.79 Å². The second kappa shape index (κ2) is 10.4. The van der Waals surface area contributed by atoms with Gasteiger partial charge in [-0.15, -0.1) is 11.8 Å². The molecule has 1 aromatic heterocycles. The molecule has 1 heterocycles. The van der Waals surface area contributed by atoms with E-state index in [0.29, 0.717) is 11.8 Å². The highest BCUT2D eigenvalue weighted by atomic mass is 32.2. The number of rotatable bonds is 8. The first kappa shape index (κ1) is 24.4. The predicted octanol–water partition coefficient (Wildman–Crippen LogP) is 5.11. The number of thioether (sulfide) groups is 1. The van der Waals surface area contributed by atoms with Crippen LogP contribution in [0.1, 0.15) is 6.92 Å². The Kier molecular flexibility index (Phi) is 8.19. The van der Waals surface area contributed by atoms with Crippen molar-refractivity contribution in [3.63, 3.8) is 0 Å². The molecule has 0 radical (unpaired) electrons. The lowest BCUT2D eigenvalue weighted by atomic mass is 10.3. The maximum atomic E-state index is 12.3. The van der Waals surface area contributed by atoms with Crippen LogP contribution in [0.2, 0.25) is 0 Å². The molecule has 31 heavy (non-hydrogen) atoms. The maximum absolute atomic E-state index is 12.3. The third-order valence-corrected chi connectivity index (χ3v) is 3.99. The van der Waals surface area contributed by atoms with Crippen LogP contribution in [0, 0.1) is 0 Å². The Labute approximate surface area is 176 Å². The van der Waals surface area contributed by atoms with E-state index in [2.05, 4.69) is 30.1 Å². The molecule has 2 amide bonds. The van der Waals surface area contributed by atoms with E-state index in [9.17, 15) is 31.1 Å². The minimum atomic E-state index is -4.72. The van der Waals surface area contributed by atoms with Crippen molar-refractivity contribution in [1.82, 2.24) is 9.97 Å². The zero-order valence-electron chi connectivity index (χ0n) is 15.8. The van der Waals surface area contributed by atoms with E-state index in [1.165, 1.54) is 0 Å². The molecule has 0 fully saturated rings. The summed E-state index contributed by atoms with van der Waals surface area (Å²) in [5.41, 5.74) is 0.385. The number of alkyl halides is 6. The topological polar surface area (TPSA) is 85.4 Å². The monoisotopic (exact) mass is 470 g/mol. The van der Waals surface area contributed by atoms with Gasteiger partial charge in [0.05, 0.1) is 6.07 Å². The number of amides is 2. The lowest BCUT2D eigenvalue weighted by Crippen LogP contribution is -2.23. The fourth-order valence-corrected chi connectivity index (χ4v) is 2.65. The molecular weight excluding hydrogens is 454 g/mol. The van der Waals surface area contributed by atoms with Gasteiger partial charge in [0.1, 0.15) is 0 Å². The molecule has 7 nitrogen and oxygen atoms in total. The highest BCUT2D eigenvalue weighted by Gasteiger charge is 2.30. The first-order chi connectivity index (χ1) is 14.4. The first-order valence-electron chi connectivity index (χ1n) is 8.52. The second-order valence-electron chi connectivity index (χ2n) is 5.71. The number of halogens is 6. The number of benzene rings is 1. The summed E-state index contributed by atoms with van der Waals surface area (Å²) in [6.45, 7) is -1.53.